The van der Waals surface area contributed by atoms with Crippen LogP contribution in [-0.4, -0.2) is 27.4 Å². The van der Waals surface area contributed by atoms with Gasteiger partial charge in [0.1, 0.15) is 4.83 Å². The second-order valence-corrected chi connectivity index (χ2v) is 11.2. The van der Waals surface area contributed by atoms with Gasteiger partial charge in [0.15, 0.2) is 5.16 Å². The number of aryl methyl sites for hydroxylation is 3. The van der Waals surface area contributed by atoms with Crippen LogP contribution >= 0.6 is 39.0 Å². The van der Waals surface area contributed by atoms with E-state index in [1.807, 2.05) is 55.5 Å². The Balaban J connectivity index is 1.44. The molecule has 0 radical (unpaired) electrons. The van der Waals surface area contributed by atoms with E-state index in [4.69, 9.17) is 4.98 Å². The normalized spacial score (nSPS) is 13.3. The van der Waals surface area contributed by atoms with Gasteiger partial charge in [-0.2, -0.15) is 5.10 Å². The fraction of sp³-hybridized carbons (Fsp3) is 0.231. The minimum Gasteiger partial charge on any atom is -0.272 e. The second kappa shape index (κ2) is 10.5. The Labute approximate surface area is 219 Å². The molecule has 9 heteroatoms. The molecule has 0 spiro atoms. The molecule has 0 unspecified atom stereocenters. The van der Waals surface area contributed by atoms with Gasteiger partial charge in [0.2, 0.25) is 0 Å². The van der Waals surface area contributed by atoms with Crippen LogP contribution in [0.3, 0.4) is 0 Å². The monoisotopic (exact) mass is 566 g/mol. The maximum Gasteiger partial charge on any atom is 0.267 e. The van der Waals surface area contributed by atoms with Gasteiger partial charge < -0.3 is 0 Å². The number of carbonyl (C=O) groups is 1. The van der Waals surface area contributed by atoms with Crippen LogP contribution in [0.5, 0.6) is 0 Å². The summed E-state index contributed by atoms with van der Waals surface area (Å²) in [7, 11) is 0. The van der Waals surface area contributed by atoms with Crippen molar-refractivity contribution >= 4 is 61.4 Å². The maximum absolute atomic E-state index is 13.8. The predicted octanol–water partition coefficient (Wildman–Crippen LogP) is 5.64. The van der Waals surface area contributed by atoms with Crippen molar-refractivity contribution in [2.24, 2.45) is 5.10 Å². The third kappa shape index (κ3) is 5.12. The minimum atomic E-state index is -0.270. The highest BCUT2D eigenvalue weighted by atomic mass is 79.9. The summed E-state index contributed by atoms with van der Waals surface area (Å²) in [4.78, 5) is 33.2. The van der Waals surface area contributed by atoms with Crippen LogP contribution in [0, 0.1) is 6.92 Å². The van der Waals surface area contributed by atoms with Gasteiger partial charge in [0.25, 0.3) is 11.5 Å². The van der Waals surface area contributed by atoms with Crippen LogP contribution in [-0.2, 0) is 17.6 Å². The average molecular weight is 568 g/mol. The van der Waals surface area contributed by atoms with E-state index in [0.29, 0.717) is 5.16 Å². The first-order chi connectivity index (χ1) is 17.0. The number of fused-ring (bicyclic) bond motifs is 3. The molecule has 6 nitrogen and oxygen atoms in total. The zero-order valence-corrected chi connectivity index (χ0v) is 22.3. The molecule has 1 N–H and O–H groups in total. The van der Waals surface area contributed by atoms with E-state index < -0.39 is 0 Å². The van der Waals surface area contributed by atoms with Gasteiger partial charge in [-0.25, -0.2) is 10.4 Å². The number of thioether (sulfide) groups is 1. The SMILES string of the molecule is Cc1ccc(-n2c(SCC(=O)NN=Cc3ccccc3Br)nc3sc4c(c3c2=O)CCCC4)cc1. The van der Waals surface area contributed by atoms with Crippen LogP contribution < -0.4 is 11.0 Å². The number of hydrogen-bond donors (Lipinski definition) is 1. The van der Waals surface area contributed by atoms with Gasteiger partial charge in [-0.15, -0.1) is 11.3 Å². The zero-order valence-electron chi connectivity index (χ0n) is 19.1. The second-order valence-electron chi connectivity index (χ2n) is 8.36. The summed E-state index contributed by atoms with van der Waals surface area (Å²) in [6, 6.07) is 15.4. The van der Waals surface area contributed by atoms with Crippen LogP contribution in [0.25, 0.3) is 15.9 Å². The molecule has 0 atom stereocenters. The standard InChI is InChI=1S/C26H23BrN4O2S2/c1-16-10-12-18(13-11-16)31-25(33)23-19-7-3-5-9-21(19)35-24(23)29-26(31)34-15-22(32)30-28-14-17-6-2-4-8-20(17)27/h2,4,6,8,10-14H,3,5,7,9,15H2,1H3,(H,30,32). The van der Waals surface area contributed by atoms with E-state index in [-0.39, 0.29) is 17.2 Å². The van der Waals surface area contributed by atoms with E-state index >= 15 is 0 Å². The molecule has 0 saturated carbocycles. The summed E-state index contributed by atoms with van der Waals surface area (Å²) in [5.41, 5.74) is 6.38. The number of thiophene rings is 1. The highest BCUT2D eigenvalue weighted by Crippen LogP contribution is 2.35. The van der Waals surface area contributed by atoms with E-state index in [1.165, 1.54) is 16.6 Å². The van der Waals surface area contributed by atoms with Crippen molar-refractivity contribution < 1.29 is 4.79 Å². The first-order valence-electron chi connectivity index (χ1n) is 11.3. The number of nitrogens with one attached hydrogen (secondary N) is 1. The third-order valence-corrected chi connectivity index (χ3v) is 8.73. The van der Waals surface area contributed by atoms with Crippen LogP contribution in [0.15, 0.2) is 68.1 Å². The smallest absolute Gasteiger partial charge is 0.267 e. The molecule has 1 aliphatic carbocycles. The number of carbonyl (C=O) groups excluding carboxylic acids is 1. The lowest BCUT2D eigenvalue weighted by Crippen LogP contribution is -2.24. The Morgan fingerprint density at radius 1 is 1.20 bits per heavy atom. The lowest BCUT2D eigenvalue weighted by molar-refractivity contribution is -0.118. The Bertz CT molecular complexity index is 1490. The Morgan fingerprint density at radius 2 is 1.97 bits per heavy atom. The summed E-state index contributed by atoms with van der Waals surface area (Å²) >= 11 is 6.32. The highest BCUT2D eigenvalue weighted by Gasteiger charge is 2.23. The number of benzene rings is 2. The Morgan fingerprint density at radius 3 is 2.77 bits per heavy atom. The highest BCUT2D eigenvalue weighted by molar-refractivity contribution is 9.10. The van der Waals surface area contributed by atoms with Gasteiger partial charge in [-0.05, 0) is 56.4 Å². The van der Waals surface area contributed by atoms with Crippen molar-refractivity contribution in [1.82, 2.24) is 15.0 Å². The molecule has 5 rings (SSSR count). The lowest BCUT2D eigenvalue weighted by Gasteiger charge is -2.13. The predicted molar refractivity (Wildman–Crippen MR) is 147 cm³/mol. The van der Waals surface area contributed by atoms with Crippen molar-refractivity contribution in [3.8, 4) is 5.69 Å². The quantitative estimate of drug-likeness (QED) is 0.142. The van der Waals surface area contributed by atoms with Gasteiger partial charge in [-0.3, -0.25) is 14.2 Å². The molecule has 0 aliphatic heterocycles. The number of hydrazone groups is 1. The topological polar surface area (TPSA) is 76.3 Å². The Kier molecular flexibility index (Phi) is 7.17. The molecule has 2 aromatic heterocycles. The summed E-state index contributed by atoms with van der Waals surface area (Å²) in [5.74, 6) is -0.184. The van der Waals surface area contributed by atoms with E-state index in [0.717, 1.165) is 62.8 Å². The molecular formula is C26H23BrN4O2S2. The molecular weight excluding hydrogens is 544 g/mol. The number of aromatic nitrogens is 2. The fourth-order valence-electron chi connectivity index (χ4n) is 4.12. The summed E-state index contributed by atoms with van der Waals surface area (Å²) in [6.07, 6.45) is 5.76. The van der Waals surface area contributed by atoms with Gasteiger partial charge in [0, 0.05) is 14.9 Å². The van der Waals surface area contributed by atoms with E-state index in [9.17, 15) is 9.59 Å². The van der Waals surface area contributed by atoms with Crippen molar-refractivity contribution in [1.29, 1.82) is 0 Å². The van der Waals surface area contributed by atoms with Crippen molar-refractivity contribution in [3.05, 3.63) is 84.9 Å². The number of halogens is 1. The summed E-state index contributed by atoms with van der Waals surface area (Å²) < 4.78 is 2.54. The maximum atomic E-state index is 13.8. The lowest BCUT2D eigenvalue weighted by atomic mass is 9.97. The molecule has 4 aromatic rings. The largest absolute Gasteiger partial charge is 0.272 e. The number of amides is 1. The van der Waals surface area contributed by atoms with Gasteiger partial charge in [-0.1, -0.05) is 63.6 Å². The molecule has 35 heavy (non-hydrogen) atoms. The molecule has 0 saturated heterocycles. The average Bonchev–Trinajstić information content (AvgIpc) is 3.23. The molecule has 2 aromatic carbocycles. The molecule has 2 heterocycles. The van der Waals surface area contributed by atoms with Crippen molar-refractivity contribution in [3.63, 3.8) is 0 Å². The number of nitrogens with zero attached hydrogens (tertiary/aromatic N) is 3. The molecule has 0 bridgehead atoms. The first-order valence-corrected chi connectivity index (χ1v) is 13.9. The minimum absolute atomic E-state index is 0.0619. The molecule has 0 fully saturated rings. The van der Waals surface area contributed by atoms with Crippen molar-refractivity contribution in [2.75, 3.05) is 5.75 Å². The van der Waals surface area contributed by atoms with Crippen LogP contribution in [0.1, 0.15) is 34.4 Å². The van der Waals surface area contributed by atoms with Gasteiger partial charge in [0.05, 0.1) is 23.0 Å². The third-order valence-electron chi connectivity index (χ3n) is 5.88. The van der Waals surface area contributed by atoms with E-state index in [1.54, 1.807) is 22.1 Å². The Hall–Kier alpha value is -2.75. The number of hydrogen-bond acceptors (Lipinski definition) is 6. The summed E-state index contributed by atoms with van der Waals surface area (Å²) in [6.45, 7) is 2.01. The van der Waals surface area contributed by atoms with Gasteiger partial charge >= 0.3 is 0 Å². The van der Waals surface area contributed by atoms with Crippen molar-refractivity contribution in [2.45, 2.75) is 37.8 Å². The zero-order chi connectivity index (χ0) is 24.4. The molecule has 178 valence electrons. The van der Waals surface area contributed by atoms with Crippen LogP contribution in [0.4, 0.5) is 0 Å². The fourth-order valence-corrected chi connectivity index (χ4v) is 6.62. The summed E-state index contributed by atoms with van der Waals surface area (Å²) in [5, 5.41) is 5.30. The molecule has 1 aliphatic rings. The molecule has 1 amide bonds. The van der Waals surface area contributed by atoms with E-state index in [2.05, 4.69) is 26.5 Å². The number of rotatable bonds is 6. The van der Waals surface area contributed by atoms with Crippen LogP contribution in [0.2, 0.25) is 0 Å². The first kappa shape index (κ1) is 24.0.